The fourth-order valence-electron chi connectivity index (χ4n) is 4.26. The van der Waals surface area contributed by atoms with Gasteiger partial charge in [0.2, 0.25) is 0 Å². The van der Waals surface area contributed by atoms with E-state index in [1.54, 1.807) is 0 Å². The SMILES string of the molecule is Cc1cc2c(n1-c1ccc(C(=O)NCCc3ccc(Cl)cc3)cc1)CC[C@@H](C)C2. The van der Waals surface area contributed by atoms with Crippen LogP contribution in [0.15, 0.2) is 54.6 Å². The van der Waals surface area contributed by atoms with E-state index in [9.17, 15) is 4.79 Å². The quantitative estimate of drug-likeness (QED) is 0.593. The third kappa shape index (κ3) is 4.40. The van der Waals surface area contributed by atoms with Crippen LogP contribution in [0.3, 0.4) is 0 Å². The topological polar surface area (TPSA) is 34.0 Å². The zero-order chi connectivity index (χ0) is 20.4. The molecular formula is C25H27ClN2O. The molecule has 0 saturated heterocycles. The normalized spacial score (nSPS) is 15.8. The third-order valence-electron chi connectivity index (χ3n) is 5.82. The number of nitrogens with one attached hydrogen (secondary N) is 1. The van der Waals surface area contributed by atoms with Crippen LogP contribution in [0.1, 0.15) is 46.2 Å². The van der Waals surface area contributed by atoms with E-state index in [4.69, 9.17) is 11.6 Å². The summed E-state index contributed by atoms with van der Waals surface area (Å²) in [5, 5.41) is 3.73. The van der Waals surface area contributed by atoms with Gasteiger partial charge in [-0.25, -0.2) is 0 Å². The van der Waals surface area contributed by atoms with Crippen molar-refractivity contribution in [3.63, 3.8) is 0 Å². The summed E-state index contributed by atoms with van der Waals surface area (Å²) < 4.78 is 2.35. The molecular weight excluding hydrogens is 380 g/mol. The first-order valence-electron chi connectivity index (χ1n) is 10.3. The predicted molar refractivity (Wildman–Crippen MR) is 119 cm³/mol. The Kier molecular flexibility index (Phi) is 5.77. The molecule has 29 heavy (non-hydrogen) atoms. The Morgan fingerprint density at radius 2 is 1.86 bits per heavy atom. The molecule has 0 saturated carbocycles. The summed E-state index contributed by atoms with van der Waals surface area (Å²) in [7, 11) is 0. The molecule has 1 aliphatic rings. The summed E-state index contributed by atoms with van der Waals surface area (Å²) in [5.41, 5.74) is 7.16. The number of aryl methyl sites for hydroxylation is 1. The molecule has 4 heteroatoms. The Morgan fingerprint density at radius 1 is 1.14 bits per heavy atom. The van der Waals surface area contributed by atoms with E-state index in [2.05, 4.69) is 41.9 Å². The summed E-state index contributed by atoms with van der Waals surface area (Å²) >= 11 is 5.91. The molecule has 1 heterocycles. The Labute approximate surface area is 177 Å². The summed E-state index contributed by atoms with van der Waals surface area (Å²) in [6.45, 7) is 5.10. The van der Waals surface area contributed by atoms with Gasteiger partial charge in [-0.15, -0.1) is 0 Å². The highest BCUT2D eigenvalue weighted by molar-refractivity contribution is 6.30. The van der Waals surface area contributed by atoms with Gasteiger partial charge in [-0.05, 0) is 92.1 Å². The first-order chi connectivity index (χ1) is 14.0. The van der Waals surface area contributed by atoms with Crippen LogP contribution in [0.4, 0.5) is 0 Å². The highest BCUT2D eigenvalue weighted by atomic mass is 35.5. The van der Waals surface area contributed by atoms with E-state index in [1.165, 1.54) is 23.4 Å². The van der Waals surface area contributed by atoms with Crippen molar-refractivity contribution in [1.29, 1.82) is 0 Å². The van der Waals surface area contributed by atoms with Crippen LogP contribution in [0.2, 0.25) is 5.02 Å². The number of benzene rings is 2. The minimum atomic E-state index is -0.0365. The van der Waals surface area contributed by atoms with Crippen molar-refractivity contribution in [3.05, 3.63) is 87.7 Å². The number of rotatable bonds is 5. The van der Waals surface area contributed by atoms with Gasteiger partial charge in [-0.3, -0.25) is 4.79 Å². The average molecular weight is 407 g/mol. The van der Waals surface area contributed by atoms with Gasteiger partial charge in [0.05, 0.1) is 0 Å². The largest absolute Gasteiger partial charge is 0.352 e. The number of fused-ring (bicyclic) bond motifs is 1. The zero-order valence-corrected chi connectivity index (χ0v) is 17.8. The molecule has 0 fully saturated rings. The number of carbonyl (C=O) groups excluding carboxylic acids is 1. The Morgan fingerprint density at radius 3 is 2.59 bits per heavy atom. The third-order valence-corrected chi connectivity index (χ3v) is 6.07. The molecule has 1 N–H and O–H groups in total. The maximum Gasteiger partial charge on any atom is 0.251 e. The van der Waals surface area contributed by atoms with Crippen LogP contribution >= 0.6 is 11.6 Å². The number of hydrogen-bond acceptors (Lipinski definition) is 1. The van der Waals surface area contributed by atoms with Crippen molar-refractivity contribution in [3.8, 4) is 5.69 Å². The van der Waals surface area contributed by atoms with E-state index in [0.29, 0.717) is 12.1 Å². The Bertz CT molecular complexity index is 1000. The second kappa shape index (κ2) is 8.46. The molecule has 0 bridgehead atoms. The van der Waals surface area contributed by atoms with E-state index in [-0.39, 0.29) is 5.91 Å². The Balaban J connectivity index is 1.41. The number of amides is 1. The molecule has 1 amide bonds. The van der Waals surface area contributed by atoms with Gasteiger partial charge in [-0.2, -0.15) is 0 Å². The molecule has 1 aromatic heterocycles. The molecule has 2 aromatic carbocycles. The van der Waals surface area contributed by atoms with Gasteiger partial charge in [0, 0.05) is 34.2 Å². The van der Waals surface area contributed by atoms with Crippen molar-refractivity contribution in [1.82, 2.24) is 9.88 Å². The number of nitrogens with zero attached hydrogens (tertiary/aromatic N) is 1. The van der Waals surface area contributed by atoms with Gasteiger partial charge in [-0.1, -0.05) is 30.7 Å². The standard InChI is InChI=1S/C25H27ClN2O/c1-17-3-12-24-21(15-17)16-18(2)28(24)23-10-6-20(7-11-23)25(29)27-14-13-19-4-8-22(26)9-5-19/h4-11,16-17H,3,12-15H2,1-2H3,(H,27,29)/t17-/m1/s1. The van der Waals surface area contributed by atoms with Crippen molar-refractivity contribution in [2.45, 2.75) is 39.5 Å². The molecule has 1 atom stereocenters. The van der Waals surface area contributed by atoms with Gasteiger partial charge in [0.25, 0.3) is 5.91 Å². The van der Waals surface area contributed by atoms with Gasteiger partial charge in [0.1, 0.15) is 0 Å². The monoisotopic (exact) mass is 406 g/mol. The maximum absolute atomic E-state index is 12.5. The first-order valence-corrected chi connectivity index (χ1v) is 10.7. The average Bonchev–Trinajstić information content (AvgIpc) is 3.04. The molecule has 1 aliphatic carbocycles. The number of hydrogen-bond donors (Lipinski definition) is 1. The molecule has 4 rings (SSSR count). The Hall–Kier alpha value is -2.52. The van der Waals surface area contributed by atoms with Gasteiger partial charge >= 0.3 is 0 Å². The van der Waals surface area contributed by atoms with E-state index < -0.39 is 0 Å². The predicted octanol–water partition coefficient (Wildman–Crippen LogP) is 5.54. The molecule has 3 nitrogen and oxygen atoms in total. The first kappa shape index (κ1) is 19.8. The van der Waals surface area contributed by atoms with Crippen LogP contribution in [0.5, 0.6) is 0 Å². The molecule has 0 spiro atoms. The summed E-state index contributed by atoms with van der Waals surface area (Å²) in [4.78, 5) is 12.5. The minimum Gasteiger partial charge on any atom is -0.352 e. The molecule has 0 unspecified atom stereocenters. The van der Waals surface area contributed by atoms with Crippen LogP contribution in [0, 0.1) is 12.8 Å². The van der Waals surface area contributed by atoms with Gasteiger partial charge < -0.3 is 9.88 Å². The summed E-state index contributed by atoms with van der Waals surface area (Å²) in [5.74, 6) is 0.724. The summed E-state index contributed by atoms with van der Waals surface area (Å²) in [6, 6.07) is 18.0. The van der Waals surface area contributed by atoms with Crippen LogP contribution in [-0.4, -0.2) is 17.0 Å². The fraction of sp³-hybridized carbons (Fsp3) is 0.320. The number of carbonyl (C=O) groups is 1. The van der Waals surface area contributed by atoms with Crippen molar-refractivity contribution in [2.24, 2.45) is 5.92 Å². The lowest BCUT2D eigenvalue weighted by molar-refractivity contribution is 0.0954. The lowest BCUT2D eigenvalue weighted by Gasteiger charge is -2.21. The van der Waals surface area contributed by atoms with Crippen LogP contribution in [0.25, 0.3) is 5.69 Å². The minimum absolute atomic E-state index is 0.0365. The number of halogens is 1. The molecule has 3 aromatic rings. The molecule has 0 aliphatic heterocycles. The highest BCUT2D eigenvalue weighted by Crippen LogP contribution is 2.30. The van der Waals surface area contributed by atoms with E-state index >= 15 is 0 Å². The summed E-state index contributed by atoms with van der Waals surface area (Å²) in [6.07, 6.45) is 4.31. The second-order valence-corrected chi connectivity index (χ2v) is 8.56. The molecule has 150 valence electrons. The zero-order valence-electron chi connectivity index (χ0n) is 17.0. The highest BCUT2D eigenvalue weighted by Gasteiger charge is 2.21. The van der Waals surface area contributed by atoms with Crippen molar-refractivity contribution < 1.29 is 4.79 Å². The lowest BCUT2D eigenvalue weighted by atomic mass is 9.89. The smallest absolute Gasteiger partial charge is 0.251 e. The second-order valence-electron chi connectivity index (χ2n) is 8.12. The maximum atomic E-state index is 12.5. The van der Waals surface area contributed by atoms with Crippen molar-refractivity contribution in [2.75, 3.05) is 6.54 Å². The van der Waals surface area contributed by atoms with Gasteiger partial charge in [0.15, 0.2) is 0 Å². The van der Waals surface area contributed by atoms with Crippen molar-refractivity contribution >= 4 is 17.5 Å². The lowest BCUT2D eigenvalue weighted by Crippen LogP contribution is -2.25. The number of aromatic nitrogens is 1. The fourth-order valence-corrected chi connectivity index (χ4v) is 4.39. The van der Waals surface area contributed by atoms with E-state index in [1.807, 2.05) is 36.4 Å². The van der Waals surface area contributed by atoms with Crippen LogP contribution < -0.4 is 5.32 Å². The van der Waals surface area contributed by atoms with E-state index in [0.717, 1.165) is 41.5 Å². The molecule has 0 radical (unpaired) electrons. The van der Waals surface area contributed by atoms with Crippen LogP contribution in [-0.2, 0) is 19.3 Å².